The third kappa shape index (κ3) is 2.29. The fourth-order valence-corrected chi connectivity index (χ4v) is 4.52. The summed E-state index contributed by atoms with van der Waals surface area (Å²) in [5, 5.41) is 0. The summed E-state index contributed by atoms with van der Waals surface area (Å²) in [6.45, 7) is 6.15. The standard InChI is InChI=1S/C20H22N2O3/c1-20(2,3)22-18(24)15-13-9-10-14(23)17(16(15)19(22)25)21(13)11-12-7-5-4-6-8-12/h4-10,13,15-17H,11H2,1-3H3/t13-,15-,16-,17+/m0/s1. The first-order chi connectivity index (χ1) is 11.8. The summed E-state index contributed by atoms with van der Waals surface area (Å²) in [7, 11) is 0. The van der Waals surface area contributed by atoms with E-state index in [0.717, 1.165) is 5.56 Å². The van der Waals surface area contributed by atoms with Gasteiger partial charge in [-0.3, -0.25) is 24.2 Å². The van der Waals surface area contributed by atoms with Crippen LogP contribution >= 0.6 is 0 Å². The lowest BCUT2D eigenvalue weighted by Crippen LogP contribution is -2.52. The minimum atomic E-state index is -0.567. The first-order valence-corrected chi connectivity index (χ1v) is 8.70. The van der Waals surface area contributed by atoms with E-state index in [2.05, 4.69) is 0 Å². The number of hydrogen-bond donors (Lipinski definition) is 0. The Bertz CT molecular complexity index is 778. The molecular formula is C20H22N2O3. The highest BCUT2D eigenvalue weighted by molar-refractivity contribution is 6.12. The number of ketones is 1. The molecule has 0 aromatic heterocycles. The molecule has 5 heteroatoms. The zero-order chi connectivity index (χ0) is 17.9. The fraction of sp³-hybridized carbons (Fsp3) is 0.450. The van der Waals surface area contributed by atoms with E-state index in [1.807, 2.05) is 62.1 Å². The Balaban J connectivity index is 1.72. The van der Waals surface area contributed by atoms with Crippen molar-refractivity contribution in [2.24, 2.45) is 11.8 Å². The average Bonchev–Trinajstić information content (AvgIpc) is 2.92. The minimum absolute atomic E-state index is 0.0726. The molecule has 3 heterocycles. The lowest BCUT2D eigenvalue weighted by molar-refractivity contribution is -0.148. The second-order valence-electron chi connectivity index (χ2n) is 8.09. The number of amides is 2. The molecule has 5 nitrogen and oxygen atoms in total. The van der Waals surface area contributed by atoms with Gasteiger partial charge in [-0.2, -0.15) is 0 Å². The van der Waals surface area contributed by atoms with E-state index in [4.69, 9.17) is 0 Å². The van der Waals surface area contributed by atoms with Crippen LogP contribution in [0.25, 0.3) is 0 Å². The van der Waals surface area contributed by atoms with Crippen molar-refractivity contribution in [1.82, 2.24) is 9.80 Å². The molecule has 1 aromatic carbocycles. The molecule has 0 aliphatic carbocycles. The van der Waals surface area contributed by atoms with Crippen LogP contribution in [0.5, 0.6) is 0 Å². The van der Waals surface area contributed by atoms with Crippen molar-refractivity contribution in [3.63, 3.8) is 0 Å². The van der Waals surface area contributed by atoms with Crippen molar-refractivity contribution in [2.75, 3.05) is 0 Å². The molecular weight excluding hydrogens is 316 g/mol. The van der Waals surface area contributed by atoms with E-state index in [1.165, 1.54) is 4.90 Å². The van der Waals surface area contributed by atoms with Gasteiger partial charge in [-0.1, -0.05) is 36.4 Å². The third-order valence-electron chi connectivity index (χ3n) is 5.47. The van der Waals surface area contributed by atoms with Gasteiger partial charge in [-0.15, -0.1) is 0 Å². The predicted octanol–water partition coefficient (Wildman–Crippen LogP) is 1.78. The third-order valence-corrected chi connectivity index (χ3v) is 5.47. The Hall–Kier alpha value is -2.27. The van der Waals surface area contributed by atoms with Crippen LogP contribution in [-0.2, 0) is 20.9 Å². The number of carbonyl (C=O) groups is 3. The van der Waals surface area contributed by atoms with Gasteiger partial charge in [0, 0.05) is 18.1 Å². The SMILES string of the molecule is CC(C)(C)N1C(=O)[C@@H]2[C@H](C1=O)[C@H]1C(=O)C=C[C@@H]2N1Cc1ccccc1. The molecule has 0 spiro atoms. The minimum Gasteiger partial charge on any atom is -0.293 e. The number of rotatable bonds is 2. The second kappa shape index (κ2) is 5.36. The first kappa shape index (κ1) is 16.2. The average molecular weight is 338 g/mol. The van der Waals surface area contributed by atoms with Crippen LogP contribution in [0, 0.1) is 11.8 Å². The van der Waals surface area contributed by atoms with E-state index < -0.39 is 23.4 Å². The van der Waals surface area contributed by atoms with Crippen molar-refractivity contribution in [3.05, 3.63) is 48.0 Å². The lowest BCUT2D eigenvalue weighted by atomic mass is 9.90. The maximum Gasteiger partial charge on any atom is 0.235 e. The van der Waals surface area contributed by atoms with Gasteiger partial charge < -0.3 is 0 Å². The van der Waals surface area contributed by atoms with Gasteiger partial charge in [0.25, 0.3) is 0 Å². The van der Waals surface area contributed by atoms with Gasteiger partial charge in [0.1, 0.15) is 0 Å². The summed E-state index contributed by atoms with van der Waals surface area (Å²) in [5.41, 5.74) is 0.511. The molecule has 4 rings (SSSR count). The second-order valence-corrected chi connectivity index (χ2v) is 8.09. The van der Waals surface area contributed by atoms with Crippen LogP contribution in [0.3, 0.4) is 0 Å². The Morgan fingerprint density at radius 2 is 1.60 bits per heavy atom. The molecule has 0 radical (unpaired) electrons. The maximum atomic E-state index is 13.0. The summed E-state index contributed by atoms with van der Waals surface area (Å²) < 4.78 is 0. The maximum absolute atomic E-state index is 13.0. The number of likely N-dealkylation sites (tertiary alicyclic amines) is 1. The van der Waals surface area contributed by atoms with Crippen molar-refractivity contribution < 1.29 is 14.4 Å². The van der Waals surface area contributed by atoms with Gasteiger partial charge >= 0.3 is 0 Å². The smallest absolute Gasteiger partial charge is 0.235 e. The van der Waals surface area contributed by atoms with Gasteiger partial charge in [0.15, 0.2) is 5.78 Å². The summed E-state index contributed by atoms with van der Waals surface area (Å²) in [6, 6.07) is 9.13. The molecule has 2 fully saturated rings. The molecule has 2 bridgehead atoms. The van der Waals surface area contributed by atoms with E-state index in [0.29, 0.717) is 6.54 Å². The predicted molar refractivity (Wildman–Crippen MR) is 92.3 cm³/mol. The zero-order valence-corrected chi connectivity index (χ0v) is 14.7. The fourth-order valence-electron chi connectivity index (χ4n) is 4.52. The highest BCUT2D eigenvalue weighted by Crippen LogP contribution is 2.47. The van der Waals surface area contributed by atoms with Crippen LogP contribution in [0.2, 0.25) is 0 Å². The summed E-state index contributed by atoms with van der Waals surface area (Å²) in [6.07, 6.45) is 3.36. The lowest BCUT2D eigenvalue weighted by Gasteiger charge is -2.36. The van der Waals surface area contributed by atoms with Crippen LogP contribution in [0.1, 0.15) is 26.3 Å². The summed E-state index contributed by atoms with van der Waals surface area (Å²) in [4.78, 5) is 42.0. The molecule has 0 N–H and O–H groups in total. The van der Waals surface area contributed by atoms with Crippen LogP contribution in [0.15, 0.2) is 42.5 Å². The number of fused-ring (bicyclic) bond motifs is 5. The Kier molecular flexibility index (Phi) is 3.48. The highest BCUT2D eigenvalue weighted by Gasteiger charge is 2.65. The van der Waals surface area contributed by atoms with E-state index in [1.54, 1.807) is 6.08 Å². The largest absolute Gasteiger partial charge is 0.293 e. The van der Waals surface area contributed by atoms with Gasteiger partial charge in [0.2, 0.25) is 11.8 Å². The van der Waals surface area contributed by atoms with Crippen molar-refractivity contribution in [2.45, 2.75) is 44.9 Å². The number of imide groups is 1. The zero-order valence-electron chi connectivity index (χ0n) is 14.7. The molecule has 1 aromatic rings. The van der Waals surface area contributed by atoms with Crippen molar-refractivity contribution in [1.29, 1.82) is 0 Å². The van der Waals surface area contributed by atoms with Gasteiger partial charge in [0.05, 0.1) is 17.9 Å². The topological polar surface area (TPSA) is 57.7 Å². The monoisotopic (exact) mass is 338 g/mol. The van der Waals surface area contributed by atoms with E-state index in [-0.39, 0.29) is 23.6 Å². The molecule has 3 aliphatic rings. The first-order valence-electron chi connectivity index (χ1n) is 8.70. The number of benzene rings is 1. The molecule has 0 saturated carbocycles. The Labute approximate surface area is 147 Å². The van der Waals surface area contributed by atoms with Gasteiger partial charge in [-0.05, 0) is 32.4 Å². The quantitative estimate of drug-likeness (QED) is 0.772. The number of carbonyl (C=O) groups excluding carboxylic acids is 3. The van der Waals surface area contributed by atoms with Gasteiger partial charge in [-0.25, -0.2) is 0 Å². The van der Waals surface area contributed by atoms with Crippen LogP contribution in [0.4, 0.5) is 0 Å². The van der Waals surface area contributed by atoms with E-state index in [9.17, 15) is 14.4 Å². The Morgan fingerprint density at radius 1 is 0.960 bits per heavy atom. The molecule has 25 heavy (non-hydrogen) atoms. The Morgan fingerprint density at radius 3 is 2.24 bits per heavy atom. The van der Waals surface area contributed by atoms with E-state index >= 15 is 0 Å². The number of nitrogens with zero attached hydrogens (tertiary/aromatic N) is 2. The highest BCUT2D eigenvalue weighted by atomic mass is 16.2. The molecule has 0 unspecified atom stereocenters. The van der Waals surface area contributed by atoms with Crippen molar-refractivity contribution >= 4 is 17.6 Å². The molecule has 4 atom stereocenters. The molecule has 2 saturated heterocycles. The van der Waals surface area contributed by atoms with Crippen LogP contribution < -0.4 is 0 Å². The molecule has 2 amide bonds. The molecule has 130 valence electrons. The van der Waals surface area contributed by atoms with Crippen molar-refractivity contribution in [3.8, 4) is 0 Å². The summed E-state index contributed by atoms with van der Waals surface area (Å²) in [5.74, 6) is -1.44. The van der Waals surface area contributed by atoms with Crippen LogP contribution in [-0.4, -0.2) is 45.0 Å². The normalized spacial score (nSPS) is 31.8. The number of hydrogen-bond acceptors (Lipinski definition) is 4. The summed E-state index contributed by atoms with van der Waals surface area (Å²) >= 11 is 0. The molecule has 3 aliphatic heterocycles.